The molecular formula is C17H28N2. The van der Waals surface area contributed by atoms with Crippen LogP contribution in [-0.2, 0) is 0 Å². The highest BCUT2D eigenvalue weighted by molar-refractivity contribution is 5.28. The van der Waals surface area contributed by atoms with E-state index >= 15 is 0 Å². The number of rotatable bonds is 4. The van der Waals surface area contributed by atoms with Gasteiger partial charge in [-0.1, -0.05) is 38.1 Å². The summed E-state index contributed by atoms with van der Waals surface area (Å²) in [6.45, 7) is 5.26. The molecule has 1 saturated carbocycles. The van der Waals surface area contributed by atoms with E-state index < -0.39 is 0 Å². The van der Waals surface area contributed by atoms with Crippen molar-refractivity contribution in [2.24, 2.45) is 5.73 Å². The summed E-state index contributed by atoms with van der Waals surface area (Å²) in [7, 11) is 4.33. The van der Waals surface area contributed by atoms with E-state index in [2.05, 4.69) is 57.1 Å². The summed E-state index contributed by atoms with van der Waals surface area (Å²) in [5, 5.41) is 0. The molecule has 0 amide bonds. The molecule has 19 heavy (non-hydrogen) atoms. The van der Waals surface area contributed by atoms with Gasteiger partial charge >= 0.3 is 0 Å². The quantitative estimate of drug-likeness (QED) is 0.899. The van der Waals surface area contributed by atoms with Crippen LogP contribution >= 0.6 is 0 Å². The monoisotopic (exact) mass is 260 g/mol. The Morgan fingerprint density at radius 3 is 2.32 bits per heavy atom. The van der Waals surface area contributed by atoms with Gasteiger partial charge in [-0.05, 0) is 56.3 Å². The second-order valence-corrected chi connectivity index (χ2v) is 6.58. The van der Waals surface area contributed by atoms with Crippen LogP contribution in [0.3, 0.4) is 0 Å². The molecule has 2 atom stereocenters. The third-order valence-corrected chi connectivity index (χ3v) is 4.99. The highest BCUT2D eigenvalue weighted by Crippen LogP contribution is 2.43. The molecule has 0 heterocycles. The molecule has 0 bridgehead atoms. The Morgan fingerprint density at radius 1 is 1.26 bits per heavy atom. The largest absolute Gasteiger partial charge is 0.329 e. The first kappa shape index (κ1) is 14.5. The minimum atomic E-state index is 0.210. The van der Waals surface area contributed by atoms with E-state index in [1.54, 1.807) is 0 Å². The Kier molecular flexibility index (Phi) is 4.32. The Balaban J connectivity index is 2.12. The van der Waals surface area contributed by atoms with Crippen molar-refractivity contribution in [3.63, 3.8) is 0 Å². The molecule has 1 aromatic rings. The van der Waals surface area contributed by atoms with E-state index in [1.807, 2.05) is 0 Å². The average Bonchev–Trinajstić information content (AvgIpc) is 2.84. The molecule has 0 spiro atoms. The molecule has 2 rings (SSSR count). The van der Waals surface area contributed by atoms with Crippen molar-refractivity contribution in [1.82, 2.24) is 4.90 Å². The first-order valence-electron chi connectivity index (χ1n) is 7.46. The lowest BCUT2D eigenvalue weighted by Crippen LogP contribution is -2.48. The van der Waals surface area contributed by atoms with Crippen LogP contribution in [0, 0.1) is 0 Å². The fourth-order valence-corrected chi connectivity index (χ4v) is 3.32. The molecule has 1 aliphatic carbocycles. The van der Waals surface area contributed by atoms with Crippen LogP contribution < -0.4 is 5.73 Å². The van der Waals surface area contributed by atoms with Gasteiger partial charge in [0.2, 0.25) is 0 Å². The maximum atomic E-state index is 6.03. The molecule has 1 fully saturated rings. The predicted octanol–water partition coefficient (Wildman–Crippen LogP) is 3.34. The summed E-state index contributed by atoms with van der Waals surface area (Å²) in [5.74, 6) is 1.29. The molecule has 2 N–H and O–H groups in total. The molecule has 2 unspecified atom stereocenters. The molecule has 0 radical (unpaired) electrons. The number of nitrogens with zero attached hydrogens (tertiary/aromatic N) is 1. The van der Waals surface area contributed by atoms with Crippen LogP contribution in [0.25, 0.3) is 0 Å². The summed E-state index contributed by atoms with van der Waals surface area (Å²) in [4.78, 5) is 2.33. The fraction of sp³-hybridized carbons (Fsp3) is 0.647. The zero-order chi connectivity index (χ0) is 14.0. The van der Waals surface area contributed by atoms with Crippen molar-refractivity contribution < 1.29 is 0 Å². The van der Waals surface area contributed by atoms with E-state index in [1.165, 1.54) is 30.4 Å². The van der Waals surface area contributed by atoms with Crippen LogP contribution in [0.4, 0.5) is 0 Å². The molecule has 106 valence electrons. The SMILES string of the molecule is CC(C)c1ccc(C2CCC(CN)(N(C)C)C2)cc1. The minimum absolute atomic E-state index is 0.210. The Bertz CT molecular complexity index is 408. The van der Waals surface area contributed by atoms with E-state index in [-0.39, 0.29) is 5.54 Å². The number of hydrogen-bond donors (Lipinski definition) is 1. The molecule has 2 nitrogen and oxygen atoms in total. The minimum Gasteiger partial charge on any atom is -0.329 e. The standard InChI is InChI=1S/C17H28N2/c1-13(2)14-5-7-15(8-6-14)16-9-10-17(11-16,12-18)19(3)4/h5-8,13,16H,9-12,18H2,1-4H3. The summed E-state index contributed by atoms with van der Waals surface area (Å²) in [6.07, 6.45) is 3.67. The Hall–Kier alpha value is -0.860. The van der Waals surface area contributed by atoms with Crippen LogP contribution in [0.5, 0.6) is 0 Å². The maximum Gasteiger partial charge on any atom is 0.0331 e. The maximum absolute atomic E-state index is 6.03. The second kappa shape index (κ2) is 5.64. The van der Waals surface area contributed by atoms with E-state index in [9.17, 15) is 0 Å². The number of benzene rings is 1. The number of likely N-dealkylation sites (N-methyl/N-ethyl adjacent to an activating group) is 1. The van der Waals surface area contributed by atoms with Crippen molar-refractivity contribution in [1.29, 1.82) is 0 Å². The molecule has 1 aliphatic rings. The van der Waals surface area contributed by atoms with Gasteiger partial charge in [0.25, 0.3) is 0 Å². The third kappa shape index (κ3) is 2.85. The molecule has 0 aromatic heterocycles. The molecular weight excluding hydrogens is 232 g/mol. The summed E-state index contributed by atoms with van der Waals surface area (Å²) < 4.78 is 0. The highest BCUT2D eigenvalue weighted by atomic mass is 15.2. The van der Waals surface area contributed by atoms with E-state index in [4.69, 9.17) is 5.73 Å². The molecule has 2 heteroatoms. The smallest absolute Gasteiger partial charge is 0.0331 e. The van der Waals surface area contributed by atoms with Crippen LogP contribution in [0.15, 0.2) is 24.3 Å². The normalized spacial score (nSPS) is 27.4. The van der Waals surface area contributed by atoms with Gasteiger partial charge in [-0.15, -0.1) is 0 Å². The zero-order valence-corrected chi connectivity index (χ0v) is 12.8. The molecule has 1 aromatic carbocycles. The fourth-order valence-electron chi connectivity index (χ4n) is 3.32. The summed E-state index contributed by atoms with van der Waals surface area (Å²) in [6, 6.07) is 9.22. The van der Waals surface area contributed by atoms with Crippen molar-refractivity contribution in [2.45, 2.75) is 50.5 Å². The number of hydrogen-bond acceptors (Lipinski definition) is 2. The second-order valence-electron chi connectivity index (χ2n) is 6.58. The summed E-state index contributed by atoms with van der Waals surface area (Å²) >= 11 is 0. The van der Waals surface area contributed by atoms with Gasteiger partial charge in [0.05, 0.1) is 0 Å². The van der Waals surface area contributed by atoms with Crippen molar-refractivity contribution in [3.8, 4) is 0 Å². The lowest BCUT2D eigenvalue weighted by molar-refractivity contribution is 0.165. The summed E-state index contributed by atoms with van der Waals surface area (Å²) in [5.41, 5.74) is 9.16. The van der Waals surface area contributed by atoms with Crippen LogP contribution in [0.1, 0.15) is 56.1 Å². The van der Waals surface area contributed by atoms with Crippen molar-refractivity contribution >= 4 is 0 Å². The Morgan fingerprint density at radius 2 is 1.89 bits per heavy atom. The van der Waals surface area contributed by atoms with Gasteiger partial charge in [0, 0.05) is 12.1 Å². The Labute approximate surface area is 118 Å². The van der Waals surface area contributed by atoms with Crippen molar-refractivity contribution in [3.05, 3.63) is 35.4 Å². The topological polar surface area (TPSA) is 29.3 Å². The molecule has 0 saturated heterocycles. The van der Waals surface area contributed by atoms with Gasteiger partial charge in [-0.3, -0.25) is 0 Å². The van der Waals surface area contributed by atoms with Gasteiger partial charge in [0.15, 0.2) is 0 Å². The van der Waals surface area contributed by atoms with Crippen LogP contribution in [-0.4, -0.2) is 31.1 Å². The van der Waals surface area contributed by atoms with E-state index in [0.717, 1.165) is 6.54 Å². The predicted molar refractivity (Wildman–Crippen MR) is 82.6 cm³/mol. The van der Waals surface area contributed by atoms with Crippen molar-refractivity contribution in [2.75, 3.05) is 20.6 Å². The number of nitrogens with two attached hydrogens (primary N) is 1. The lowest BCUT2D eigenvalue weighted by Gasteiger charge is -2.35. The first-order valence-corrected chi connectivity index (χ1v) is 7.46. The third-order valence-electron chi connectivity index (χ3n) is 4.99. The molecule has 0 aliphatic heterocycles. The van der Waals surface area contributed by atoms with Gasteiger partial charge in [-0.2, -0.15) is 0 Å². The highest BCUT2D eigenvalue weighted by Gasteiger charge is 2.40. The van der Waals surface area contributed by atoms with Gasteiger partial charge in [-0.25, -0.2) is 0 Å². The van der Waals surface area contributed by atoms with Gasteiger partial charge < -0.3 is 10.6 Å². The van der Waals surface area contributed by atoms with Crippen LogP contribution in [0.2, 0.25) is 0 Å². The average molecular weight is 260 g/mol. The van der Waals surface area contributed by atoms with Gasteiger partial charge in [0.1, 0.15) is 0 Å². The van der Waals surface area contributed by atoms with E-state index in [0.29, 0.717) is 11.8 Å². The first-order chi connectivity index (χ1) is 8.98. The zero-order valence-electron chi connectivity index (χ0n) is 12.8. The lowest BCUT2D eigenvalue weighted by atomic mass is 9.90.